The molecular formula is C9H12ClNO2S. The van der Waals surface area contributed by atoms with Crippen LogP contribution in [0.25, 0.3) is 0 Å². The summed E-state index contributed by atoms with van der Waals surface area (Å²) in [6, 6.07) is 5.49. The quantitative estimate of drug-likeness (QED) is 0.814. The van der Waals surface area contributed by atoms with Crippen molar-refractivity contribution in [2.45, 2.75) is 13.8 Å². The summed E-state index contributed by atoms with van der Waals surface area (Å²) >= 11 is 5.27. The van der Waals surface area contributed by atoms with E-state index in [1.165, 1.54) is 0 Å². The van der Waals surface area contributed by atoms with Crippen molar-refractivity contribution in [2.75, 3.05) is 9.93 Å². The molecule has 0 fully saturated rings. The molecule has 1 N–H and O–H groups in total. The fraction of sp³-hybridized carbons (Fsp3) is 0.333. The predicted octanol–water partition coefficient (Wildman–Crippen LogP) is 2.24. The van der Waals surface area contributed by atoms with Crippen LogP contribution in [-0.4, -0.2) is 13.6 Å². The second-order valence-corrected chi connectivity index (χ2v) is 5.51. The lowest BCUT2D eigenvalue weighted by Crippen LogP contribution is -2.13. The molecule has 1 aromatic carbocycles. The van der Waals surface area contributed by atoms with Crippen LogP contribution < -0.4 is 4.72 Å². The second-order valence-electron chi connectivity index (χ2n) is 3.20. The summed E-state index contributed by atoms with van der Waals surface area (Å²) in [5.74, 6) is 0. The summed E-state index contributed by atoms with van der Waals surface area (Å²) < 4.78 is 24.7. The lowest BCUT2D eigenvalue weighted by atomic mass is 10.1. The molecule has 0 radical (unpaired) electrons. The molecule has 0 heterocycles. The Morgan fingerprint density at radius 1 is 1.21 bits per heavy atom. The third-order valence-corrected chi connectivity index (χ3v) is 3.33. The van der Waals surface area contributed by atoms with Gasteiger partial charge >= 0.3 is 0 Å². The zero-order valence-electron chi connectivity index (χ0n) is 8.04. The predicted molar refractivity (Wildman–Crippen MR) is 59.2 cm³/mol. The molecule has 14 heavy (non-hydrogen) atoms. The highest BCUT2D eigenvalue weighted by atomic mass is 35.5. The normalized spacial score (nSPS) is 11.4. The van der Waals surface area contributed by atoms with E-state index in [1.807, 2.05) is 19.9 Å². The van der Waals surface area contributed by atoms with Gasteiger partial charge in [0.15, 0.2) is 0 Å². The van der Waals surface area contributed by atoms with Gasteiger partial charge in [-0.15, -0.1) is 11.6 Å². The maximum absolute atomic E-state index is 11.1. The molecular weight excluding hydrogens is 222 g/mol. The summed E-state index contributed by atoms with van der Waals surface area (Å²) in [6.07, 6.45) is 0. The third kappa shape index (κ3) is 3.20. The molecule has 0 aliphatic rings. The van der Waals surface area contributed by atoms with Gasteiger partial charge in [0.25, 0.3) is 0 Å². The van der Waals surface area contributed by atoms with Crippen LogP contribution in [0.4, 0.5) is 5.69 Å². The van der Waals surface area contributed by atoms with Gasteiger partial charge in [-0.05, 0) is 37.1 Å². The molecule has 78 valence electrons. The minimum absolute atomic E-state index is 0.431. The Morgan fingerprint density at radius 3 is 2.14 bits per heavy atom. The number of anilines is 1. The molecule has 0 saturated carbocycles. The molecule has 0 bridgehead atoms. The zero-order chi connectivity index (χ0) is 10.8. The average molecular weight is 234 g/mol. The molecule has 1 aromatic rings. The Kier molecular flexibility index (Phi) is 3.39. The van der Waals surface area contributed by atoms with E-state index < -0.39 is 15.2 Å². The minimum Gasteiger partial charge on any atom is -0.283 e. The standard InChI is InChI=1S/C9H12ClNO2S/c1-7-3-8(2)5-9(4-7)11-14(12,13)6-10/h3-5,11H,6H2,1-2H3. The molecule has 1 rings (SSSR count). The van der Waals surface area contributed by atoms with Crippen molar-refractivity contribution in [3.8, 4) is 0 Å². The fourth-order valence-corrected chi connectivity index (χ4v) is 1.94. The molecule has 0 saturated heterocycles. The zero-order valence-corrected chi connectivity index (χ0v) is 9.61. The van der Waals surface area contributed by atoms with Crippen LogP contribution >= 0.6 is 11.6 Å². The van der Waals surface area contributed by atoms with Crippen LogP contribution in [-0.2, 0) is 10.0 Å². The lowest BCUT2D eigenvalue weighted by Gasteiger charge is -2.07. The molecule has 0 aliphatic carbocycles. The third-order valence-electron chi connectivity index (χ3n) is 1.64. The Hall–Kier alpha value is -0.740. The maximum Gasteiger partial charge on any atom is 0.246 e. The molecule has 3 nitrogen and oxygen atoms in total. The monoisotopic (exact) mass is 233 g/mol. The van der Waals surface area contributed by atoms with Gasteiger partial charge in [0, 0.05) is 5.69 Å². The summed E-state index contributed by atoms with van der Waals surface area (Å²) in [5, 5.41) is -0.431. The van der Waals surface area contributed by atoms with Crippen molar-refractivity contribution in [1.82, 2.24) is 0 Å². The highest BCUT2D eigenvalue weighted by molar-refractivity contribution is 7.93. The van der Waals surface area contributed by atoms with Gasteiger partial charge in [-0.25, -0.2) is 8.42 Å². The van der Waals surface area contributed by atoms with Crippen LogP contribution in [0.15, 0.2) is 18.2 Å². The first-order chi connectivity index (χ1) is 6.43. The Balaban J connectivity index is 2.98. The van der Waals surface area contributed by atoms with E-state index in [-0.39, 0.29) is 0 Å². The summed E-state index contributed by atoms with van der Waals surface area (Å²) in [4.78, 5) is 0. The molecule has 0 atom stereocenters. The summed E-state index contributed by atoms with van der Waals surface area (Å²) in [7, 11) is -3.39. The van der Waals surface area contributed by atoms with Crippen LogP contribution in [0.1, 0.15) is 11.1 Å². The Morgan fingerprint density at radius 2 is 1.71 bits per heavy atom. The van der Waals surface area contributed by atoms with Crippen LogP contribution in [0.5, 0.6) is 0 Å². The van der Waals surface area contributed by atoms with Crippen molar-refractivity contribution >= 4 is 27.3 Å². The van der Waals surface area contributed by atoms with Crippen molar-refractivity contribution in [3.63, 3.8) is 0 Å². The number of hydrogen-bond donors (Lipinski definition) is 1. The molecule has 0 aliphatic heterocycles. The van der Waals surface area contributed by atoms with Gasteiger partial charge in [0.2, 0.25) is 10.0 Å². The van der Waals surface area contributed by atoms with Gasteiger partial charge in [-0.3, -0.25) is 4.72 Å². The SMILES string of the molecule is Cc1cc(C)cc(NS(=O)(=O)CCl)c1. The number of hydrogen-bond acceptors (Lipinski definition) is 2. The van der Waals surface area contributed by atoms with Crippen molar-refractivity contribution in [3.05, 3.63) is 29.3 Å². The van der Waals surface area contributed by atoms with Gasteiger partial charge in [0.1, 0.15) is 5.21 Å². The molecule has 0 aromatic heterocycles. The van der Waals surface area contributed by atoms with Crippen molar-refractivity contribution in [1.29, 1.82) is 0 Å². The van der Waals surface area contributed by atoms with E-state index in [9.17, 15) is 8.42 Å². The van der Waals surface area contributed by atoms with E-state index >= 15 is 0 Å². The minimum atomic E-state index is -3.39. The number of rotatable bonds is 3. The number of nitrogens with one attached hydrogen (secondary N) is 1. The van der Waals surface area contributed by atoms with Crippen LogP contribution in [0.2, 0.25) is 0 Å². The molecule has 0 amide bonds. The number of alkyl halides is 1. The first-order valence-corrected chi connectivity index (χ1v) is 6.26. The fourth-order valence-electron chi connectivity index (χ4n) is 1.24. The maximum atomic E-state index is 11.1. The first-order valence-electron chi connectivity index (χ1n) is 4.08. The van der Waals surface area contributed by atoms with Gasteiger partial charge in [0.05, 0.1) is 0 Å². The summed E-state index contributed by atoms with van der Waals surface area (Å²) in [6.45, 7) is 3.82. The smallest absolute Gasteiger partial charge is 0.246 e. The lowest BCUT2D eigenvalue weighted by molar-refractivity contribution is 0.605. The highest BCUT2D eigenvalue weighted by Crippen LogP contribution is 2.15. The van der Waals surface area contributed by atoms with Gasteiger partial charge in [-0.1, -0.05) is 6.07 Å². The van der Waals surface area contributed by atoms with E-state index in [2.05, 4.69) is 4.72 Å². The van der Waals surface area contributed by atoms with E-state index in [4.69, 9.17) is 11.6 Å². The van der Waals surface area contributed by atoms with Crippen molar-refractivity contribution < 1.29 is 8.42 Å². The second kappa shape index (κ2) is 4.19. The Labute approximate surface area is 89.1 Å². The van der Waals surface area contributed by atoms with Gasteiger partial charge in [-0.2, -0.15) is 0 Å². The van der Waals surface area contributed by atoms with Crippen molar-refractivity contribution in [2.24, 2.45) is 0 Å². The highest BCUT2D eigenvalue weighted by Gasteiger charge is 2.07. The largest absolute Gasteiger partial charge is 0.283 e. The number of benzene rings is 1. The first kappa shape index (κ1) is 11.3. The topological polar surface area (TPSA) is 46.2 Å². The molecule has 0 spiro atoms. The molecule has 0 unspecified atom stereocenters. The number of halogens is 1. The Bertz CT molecular complexity index is 408. The van der Waals surface area contributed by atoms with E-state index in [0.29, 0.717) is 5.69 Å². The number of sulfonamides is 1. The molecule has 5 heteroatoms. The van der Waals surface area contributed by atoms with Crippen LogP contribution in [0, 0.1) is 13.8 Å². The summed E-state index contributed by atoms with van der Waals surface area (Å²) in [5.41, 5.74) is 2.58. The van der Waals surface area contributed by atoms with E-state index in [1.54, 1.807) is 12.1 Å². The van der Waals surface area contributed by atoms with Crippen LogP contribution in [0.3, 0.4) is 0 Å². The average Bonchev–Trinajstić information content (AvgIpc) is 2.01. The van der Waals surface area contributed by atoms with E-state index in [0.717, 1.165) is 11.1 Å². The number of aryl methyl sites for hydroxylation is 2. The van der Waals surface area contributed by atoms with Gasteiger partial charge < -0.3 is 0 Å².